The minimum Gasteiger partial charge on any atom is -0.314 e. The van der Waals surface area contributed by atoms with Crippen LogP contribution in [0.5, 0.6) is 0 Å². The smallest absolute Gasteiger partial charge is 0.0455 e. The summed E-state index contributed by atoms with van der Waals surface area (Å²) in [7, 11) is 0. The maximum Gasteiger partial charge on any atom is 0.0455 e. The van der Waals surface area contributed by atoms with Gasteiger partial charge in [-0.15, -0.1) is 24.8 Å². The van der Waals surface area contributed by atoms with Crippen LogP contribution in [-0.2, 0) is 0 Å². The molecule has 6 heteroatoms. The average Bonchev–Trinajstić information content (AvgIpc) is 2.98. The summed E-state index contributed by atoms with van der Waals surface area (Å²) in [6.45, 7) is 4.34. The van der Waals surface area contributed by atoms with Gasteiger partial charge >= 0.3 is 0 Å². The molecule has 0 unspecified atom stereocenters. The molecule has 1 N–H and O–H groups in total. The third-order valence-corrected chi connectivity index (χ3v) is 5.25. The van der Waals surface area contributed by atoms with Crippen molar-refractivity contribution in [3.63, 3.8) is 0 Å². The molecule has 1 atom stereocenters. The molecule has 126 valence electrons. The molecule has 3 rings (SSSR count). The van der Waals surface area contributed by atoms with Gasteiger partial charge in [-0.05, 0) is 42.5 Å². The molecule has 2 fully saturated rings. The second-order valence-electron chi connectivity index (χ2n) is 5.94. The first-order valence-electron chi connectivity index (χ1n) is 7.65. The minimum absolute atomic E-state index is 0. The highest BCUT2D eigenvalue weighted by Crippen LogP contribution is 2.42. The van der Waals surface area contributed by atoms with Crippen molar-refractivity contribution in [3.05, 3.63) is 33.8 Å². The van der Waals surface area contributed by atoms with Crippen LogP contribution in [0.15, 0.2) is 18.2 Å². The third-order valence-electron chi connectivity index (χ3n) is 4.67. The Morgan fingerprint density at radius 3 is 2.32 bits per heavy atom. The largest absolute Gasteiger partial charge is 0.314 e. The van der Waals surface area contributed by atoms with Crippen molar-refractivity contribution in [1.29, 1.82) is 0 Å². The second-order valence-corrected chi connectivity index (χ2v) is 6.78. The molecule has 1 aromatic carbocycles. The molecule has 1 heterocycles. The van der Waals surface area contributed by atoms with Crippen LogP contribution in [0.4, 0.5) is 0 Å². The second kappa shape index (κ2) is 9.56. The van der Waals surface area contributed by atoms with Gasteiger partial charge in [0.15, 0.2) is 0 Å². The molecule has 1 aromatic rings. The molecule has 2 nitrogen and oxygen atoms in total. The van der Waals surface area contributed by atoms with E-state index in [1.54, 1.807) is 0 Å². The molecule has 0 radical (unpaired) electrons. The van der Waals surface area contributed by atoms with Crippen LogP contribution in [-0.4, -0.2) is 31.1 Å². The van der Waals surface area contributed by atoms with Crippen molar-refractivity contribution in [2.24, 2.45) is 5.92 Å². The number of nitrogens with zero attached hydrogens (tertiary/aromatic N) is 1. The average molecular weight is 386 g/mol. The zero-order valence-corrected chi connectivity index (χ0v) is 15.7. The SMILES string of the molecule is Cl.Cl.Clc1ccc(Cl)c([C@H](C2CCCC2)N2CCNCC2)c1. The van der Waals surface area contributed by atoms with Crippen LogP contribution in [0.3, 0.4) is 0 Å². The van der Waals surface area contributed by atoms with Crippen LogP contribution < -0.4 is 5.32 Å². The Hall–Kier alpha value is 0.300. The summed E-state index contributed by atoms with van der Waals surface area (Å²) in [5.74, 6) is 0.726. The first kappa shape index (κ1) is 20.3. The van der Waals surface area contributed by atoms with E-state index >= 15 is 0 Å². The van der Waals surface area contributed by atoms with Gasteiger partial charge in [-0.1, -0.05) is 36.0 Å². The van der Waals surface area contributed by atoms with Gasteiger partial charge in [0, 0.05) is 42.3 Å². The fourth-order valence-corrected chi connectivity index (χ4v) is 4.13. The van der Waals surface area contributed by atoms with E-state index in [2.05, 4.69) is 16.3 Å². The number of halogens is 4. The van der Waals surface area contributed by atoms with Crippen molar-refractivity contribution in [3.8, 4) is 0 Å². The summed E-state index contributed by atoms with van der Waals surface area (Å²) in [5, 5.41) is 5.10. The van der Waals surface area contributed by atoms with Gasteiger partial charge in [-0.3, -0.25) is 4.90 Å². The lowest BCUT2D eigenvalue weighted by molar-refractivity contribution is 0.125. The Kier molecular flexibility index (Phi) is 8.84. The third kappa shape index (κ3) is 4.66. The molecule has 2 aliphatic rings. The summed E-state index contributed by atoms with van der Waals surface area (Å²) in [4.78, 5) is 2.60. The van der Waals surface area contributed by atoms with Crippen molar-refractivity contribution in [1.82, 2.24) is 10.2 Å². The fraction of sp³-hybridized carbons (Fsp3) is 0.625. The zero-order chi connectivity index (χ0) is 13.9. The van der Waals surface area contributed by atoms with E-state index in [4.69, 9.17) is 23.2 Å². The van der Waals surface area contributed by atoms with Crippen LogP contribution in [0.1, 0.15) is 37.3 Å². The minimum atomic E-state index is 0. The van der Waals surface area contributed by atoms with E-state index in [-0.39, 0.29) is 24.8 Å². The molecule has 1 aliphatic carbocycles. The quantitative estimate of drug-likeness (QED) is 0.789. The highest BCUT2D eigenvalue weighted by Gasteiger charge is 2.33. The molecule has 0 amide bonds. The van der Waals surface area contributed by atoms with Crippen LogP contribution >= 0.6 is 48.0 Å². The molecule has 0 spiro atoms. The zero-order valence-electron chi connectivity index (χ0n) is 12.6. The molecule has 1 saturated heterocycles. The standard InChI is InChI=1S/C16H22Cl2N2.2ClH/c17-13-5-6-15(18)14(11-13)16(12-3-1-2-4-12)20-9-7-19-8-10-20;;/h5-6,11-12,16,19H,1-4,7-10H2;2*1H/t16-;;/m0../s1. The van der Waals surface area contributed by atoms with E-state index in [1.807, 2.05) is 12.1 Å². The predicted molar refractivity (Wildman–Crippen MR) is 100 cm³/mol. The van der Waals surface area contributed by atoms with Gasteiger partial charge in [-0.25, -0.2) is 0 Å². The first-order chi connectivity index (χ1) is 9.75. The number of nitrogens with one attached hydrogen (secondary N) is 1. The summed E-state index contributed by atoms with van der Waals surface area (Å²) in [6.07, 6.45) is 5.34. The van der Waals surface area contributed by atoms with Crippen LogP contribution in [0.25, 0.3) is 0 Å². The fourth-order valence-electron chi connectivity index (χ4n) is 3.72. The molecule has 22 heavy (non-hydrogen) atoms. The molecule has 0 aromatic heterocycles. The summed E-state index contributed by atoms with van der Waals surface area (Å²) in [5.41, 5.74) is 1.23. The topological polar surface area (TPSA) is 15.3 Å². The Morgan fingerprint density at radius 2 is 1.68 bits per heavy atom. The number of hydrogen-bond donors (Lipinski definition) is 1. The van der Waals surface area contributed by atoms with Crippen molar-refractivity contribution in [2.75, 3.05) is 26.2 Å². The van der Waals surface area contributed by atoms with Gasteiger partial charge < -0.3 is 5.32 Å². The summed E-state index contributed by atoms with van der Waals surface area (Å²) < 4.78 is 0. The van der Waals surface area contributed by atoms with E-state index in [0.717, 1.165) is 42.1 Å². The van der Waals surface area contributed by atoms with E-state index < -0.39 is 0 Å². The Labute approximate surface area is 155 Å². The Balaban J connectivity index is 0.00000121. The lowest BCUT2D eigenvalue weighted by Gasteiger charge is -2.39. The number of piperazine rings is 1. The van der Waals surface area contributed by atoms with Gasteiger partial charge in [0.05, 0.1) is 0 Å². The molecule has 0 bridgehead atoms. The Morgan fingerprint density at radius 1 is 1.05 bits per heavy atom. The normalized spacial score (nSPS) is 21.0. The van der Waals surface area contributed by atoms with E-state index in [0.29, 0.717) is 6.04 Å². The maximum absolute atomic E-state index is 6.49. The number of benzene rings is 1. The van der Waals surface area contributed by atoms with Gasteiger partial charge in [0.1, 0.15) is 0 Å². The highest BCUT2D eigenvalue weighted by atomic mass is 35.5. The Bertz CT molecular complexity index is 457. The molecule has 1 saturated carbocycles. The number of rotatable bonds is 3. The van der Waals surface area contributed by atoms with E-state index in [9.17, 15) is 0 Å². The summed E-state index contributed by atoms with van der Waals surface area (Å²) >= 11 is 12.7. The first-order valence-corrected chi connectivity index (χ1v) is 8.41. The van der Waals surface area contributed by atoms with Crippen LogP contribution in [0, 0.1) is 5.92 Å². The van der Waals surface area contributed by atoms with Crippen molar-refractivity contribution < 1.29 is 0 Å². The van der Waals surface area contributed by atoms with Gasteiger partial charge in [0.2, 0.25) is 0 Å². The molecular formula is C16H24Cl4N2. The lowest BCUT2D eigenvalue weighted by Crippen LogP contribution is -2.46. The molecular weight excluding hydrogens is 362 g/mol. The molecule has 1 aliphatic heterocycles. The van der Waals surface area contributed by atoms with E-state index in [1.165, 1.54) is 31.2 Å². The van der Waals surface area contributed by atoms with Crippen LogP contribution in [0.2, 0.25) is 10.0 Å². The maximum atomic E-state index is 6.49. The van der Waals surface area contributed by atoms with Crippen molar-refractivity contribution >= 4 is 48.0 Å². The summed E-state index contributed by atoms with van der Waals surface area (Å²) in [6, 6.07) is 6.35. The highest BCUT2D eigenvalue weighted by molar-refractivity contribution is 6.33. The lowest BCUT2D eigenvalue weighted by atomic mass is 9.89. The predicted octanol–water partition coefficient (Wildman–Crippen LogP) is 4.97. The van der Waals surface area contributed by atoms with Gasteiger partial charge in [-0.2, -0.15) is 0 Å². The van der Waals surface area contributed by atoms with Gasteiger partial charge in [0.25, 0.3) is 0 Å². The number of hydrogen-bond acceptors (Lipinski definition) is 2. The van der Waals surface area contributed by atoms with Crippen molar-refractivity contribution in [2.45, 2.75) is 31.7 Å². The monoisotopic (exact) mass is 384 g/mol.